The summed E-state index contributed by atoms with van der Waals surface area (Å²) in [7, 11) is 1.97. The quantitative estimate of drug-likeness (QED) is 0.909. The van der Waals surface area contributed by atoms with Crippen molar-refractivity contribution in [1.82, 2.24) is 15.1 Å². The average Bonchev–Trinajstić information content (AvgIpc) is 2.68. The Morgan fingerprint density at radius 1 is 1.16 bits per heavy atom. The van der Waals surface area contributed by atoms with Crippen LogP contribution in [0.5, 0.6) is 0 Å². The van der Waals surface area contributed by atoms with Gasteiger partial charge >= 0.3 is 0 Å². The second kappa shape index (κ2) is 5.57. The lowest BCUT2D eigenvalue weighted by atomic mass is 10.0. The molecule has 2 rings (SSSR count). The molecule has 0 bridgehead atoms. The summed E-state index contributed by atoms with van der Waals surface area (Å²) in [5.41, 5.74) is 4.99. The van der Waals surface area contributed by atoms with Gasteiger partial charge in [-0.1, -0.05) is 29.8 Å². The van der Waals surface area contributed by atoms with E-state index in [-0.39, 0.29) is 0 Å². The Morgan fingerprint density at radius 2 is 1.89 bits per heavy atom. The number of nitrogens with one attached hydrogen (secondary N) is 1. The van der Waals surface area contributed by atoms with E-state index in [0.717, 1.165) is 5.69 Å². The molecule has 0 saturated carbocycles. The van der Waals surface area contributed by atoms with Crippen molar-refractivity contribution in [3.8, 4) is 0 Å². The highest BCUT2D eigenvalue weighted by Gasteiger charge is 2.15. The van der Waals surface area contributed by atoms with Crippen molar-refractivity contribution in [2.75, 3.05) is 0 Å². The number of rotatable bonds is 4. The Kier molecular flexibility index (Phi) is 4.05. The second-order valence-electron chi connectivity index (χ2n) is 5.37. The predicted molar refractivity (Wildman–Crippen MR) is 79.1 cm³/mol. The van der Waals surface area contributed by atoms with E-state index >= 15 is 0 Å². The molecular weight excluding hydrogens is 234 g/mol. The van der Waals surface area contributed by atoms with Crippen LogP contribution in [-0.4, -0.2) is 9.78 Å². The Morgan fingerprint density at radius 3 is 2.47 bits per heavy atom. The average molecular weight is 257 g/mol. The number of aromatic nitrogens is 2. The summed E-state index contributed by atoms with van der Waals surface area (Å²) >= 11 is 0. The molecule has 2 aromatic rings. The van der Waals surface area contributed by atoms with E-state index in [0.29, 0.717) is 12.1 Å². The lowest BCUT2D eigenvalue weighted by Gasteiger charge is -2.20. The van der Waals surface area contributed by atoms with Gasteiger partial charge in [0.25, 0.3) is 0 Å². The molecule has 2 atom stereocenters. The first-order valence-electron chi connectivity index (χ1n) is 6.80. The topological polar surface area (TPSA) is 29.9 Å². The molecule has 0 saturated heterocycles. The zero-order chi connectivity index (χ0) is 14.0. The van der Waals surface area contributed by atoms with Crippen LogP contribution in [0.2, 0.25) is 0 Å². The van der Waals surface area contributed by atoms with Gasteiger partial charge in [0.15, 0.2) is 0 Å². The van der Waals surface area contributed by atoms with Gasteiger partial charge < -0.3 is 5.32 Å². The molecule has 0 amide bonds. The summed E-state index contributed by atoms with van der Waals surface area (Å²) < 4.78 is 1.88. The third-order valence-corrected chi connectivity index (χ3v) is 3.56. The van der Waals surface area contributed by atoms with Crippen LogP contribution in [-0.2, 0) is 7.05 Å². The maximum absolute atomic E-state index is 4.40. The van der Waals surface area contributed by atoms with E-state index in [2.05, 4.69) is 68.6 Å². The SMILES string of the molecule is Cc1cccc([C@@H](C)NC(C)c2cn(C)nc2C)c1. The zero-order valence-electron chi connectivity index (χ0n) is 12.4. The van der Waals surface area contributed by atoms with E-state index < -0.39 is 0 Å². The van der Waals surface area contributed by atoms with Crippen LogP contribution in [0.3, 0.4) is 0 Å². The summed E-state index contributed by atoms with van der Waals surface area (Å²) in [6.45, 7) is 8.59. The summed E-state index contributed by atoms with van der Waals surface area (Å²) in [4.78, 5) is 0. The van der Waals surface area contributed by atoms with E-state index in [1.807, 2.05) is 11.7 Å². The standard InChI is InChI=1S/C16H23N3/c1-11-7-6-8-15(9-11)12(2)17-13(3)16-10-19(5)18-14(16)4/h6-10,12-13,17H,1-5H3/t12-,13?/m1/s1. The van der Waals surface area contributed by atoms with Gasteiger partial charge in [-0.05, 0) is 33.3 Å². The molecular formula is C16H23N3. The van der Waals surface area contributed by atoms with Gasteiger partial charge in [0.1, 0.15) is 0 Å². The fraction of sp³-hybridized carbons (Fsp3) is 0.438. The highest BCUT2D eigenvalue weighted by Crippen LogP contribution is 2.21. The van der Waals surface area contributed by atoms with Crippen molar-refractivity contribution in [2.45, 2.75) is 39.8 Å². The second-order valence-corrected chi connectivity index (χ2v) is 5.37. The number of benzene rings is 1. The van der Waals surface area contributed by atoms with Crippen molar-refractivity contribution in [3.05, 3.63) is 52.8 Å². The van der Waals surface area contributed by atoms with Gasteiger partial charge in [0.05, 0.1) is 5.69 Å². The molecule has 0 aliphatic carbocycles. The lowest BCUT2D eigenvalue weighted by molar-refractivity contribution is 0.493. The monoisotopic (exact) mass is 257 g/mol. The molecule has 3 heteroatoms. The normalized spacial score (nSPS) is 14.4. The smallest absolute Gasteiger partial charge is 0.0641 e. The number of aryl methyl sites for hydroxylation is 3. The van der Waals surface area contributed by atoms with Gasteiger partial charge in [0.2, 0.25) is 0 Å². The maximum atomic E-state index is 4.40. The van der Waals surface area contributed by atoms with Gasteiger partial charge in [-0.25, -0.2) is 0 Å². The summed E-state index contributed by atoms with van der Waals surface area (Å²) in [5, 5.41) is 8.04. The maximum Gasteiger partial charge on any atom is 0.0641 e. The zero-order valence-corrected chi connectivity index (χ0v) is 12.4. The summed E-state index contributed by atoms with van der Waals surface area (Å²) in [5.74, 6) is 0. The Bertz CT molecular complexity index is 557. The first-order chi connectivity index (χ1) is 8.97. The molecule has 0 radical (unpaired) electrons. The minimum atomic E-state index is 0.296. The molecule has 3 nitrogen and oxygen atoms in total. The fourth-order valence-electron chi connectivity index (χ4n) is 2.54. The number of hydrogen-bond donors (Lipinski definition) is 1. The molecule has 102 valence electrons. The van der Waals surface area contributed by atoms with Gasteiger partial charge in [-0.15, -0.1) is 0 Å². The van der Waals surface area contributed by atoms with Crippen LogP contribution >= 0.6 is 0 Å². The van der Waals surface area contributed by atoms with Gasteiger partial charge in [-0.3, -0.25) is 4.68 Å². The molecule has 1 aromatic carbocycles. The van der Waals surface area contributed by atoms with Crippen LogP contribution in [0, 0.1) is 13.8 Å². The van der Waals surface area contributed by atoms with Crippen molar-refractivity contribution in [3.63, 3.8) is 0 Å². The van der Waals surface area contributed by atoms with Crippen molar-refractivity contribution in [2.24, 2.45) is 7.05 Å². The Hall–Kier alpha value is -1.61. The van der Waals surface area contributed by atoms with E-state index in [4.69, 9.17) is 0 Å². The number of nitrogens with zero attached hydrogens (tertiary/aromatic N) is 2. The molecule has 1 unspecified atom stereocenters. The molecule has 19 heavy (non-hydrogen) atoms. The third-order valence-electron chi connectivity index (χ3n) is 3.56. The predicted octanol–water partition coefficient (Wildman–Crippen LogP) is 3.45. The summed E-state index contributed by atoms with van der Waals surface area (Å²) in [6.07, 6.45) is 2.09. The first kappa shape index (κ1) is 13.8. The number of hydrogen-bond acceptors (Lipinski definition) is 2. The molecule has 1 N–H and O–H groups in total. The van der Waals surface area contributed by atoms with Crippen LogP contribution in [0.1, 0.15) is 48.3 Å². The fourth-order valence-corrected chi connectivity index (χ4v) is 2.54. The first-order valence-corrected chi connectivity index (χ1v) is 6.80. The highest BCUT2D eigenvalue weighted by molar-refractivity contribution is 5.26. The van der Waals surface area contributed by atoms with Crippen LogP contribution in [0.4, 0.5) is 0 Å². The summed E-state index contributed by atoms with van der Waals surface area (Å²) in [6, 6.07) is 9.28. The van der Waals surface area contributed by atoms with Crippen LogP contribution < -0.4 is 5.32 Å². The van der Waals surface area contributed by atoms with Crippen molar-refractivity contribution < 1.29 is 0 Å². The minimum Gasteiger partial charge on any atom is -0.304 e. The van der Waals surface area contributed by atoms with E-state index in [9.17, 15) is 0 Å². The van der Waals surface area contributed by atoms with Crippen molar-refractivity contribution >= 4 is 0 Å². The van der Waals surface area contributed by atoms with Gasteiger partial charge in [-0.2, -0.15) is 5.10 Å². The molecule has 0 spiro atoms. The molecule has 1 heterocycles. The largest absolute Gasteiger partial charge is 0.304 e. The van der Waals surface area contributed by atoms with Crippen LogP contribution in [0.15, 0.2) is 30.5 Å². The van der Waals surface area contributed by atoms with Gasteiger partial charge in [0, 0.05) is 30.9 Å². The lowest BCUT2D eigenvalue weighted by Crippen LogP contribution is -2.22. The van der Waals surface area contributed by atoms with E-state index in [1.54, 1.807) is 0 Å². The van der Waals surface area contributed by atoms with Crippen LogP contribution in [0.25, 0.3) is 0 Å². The van der Waals surface area contributed by atoms with Crippen molar-refractivity contribution in [1.29, 1.82) is 0 Å². The Balaban J connectivity index is 2.10. The molecule has 0 aliphatic rings. The molecule has 1 aromatic heterocycles. The molecule has 0 aliphatic heterocycles. The third kappa shape index (κ3) is 3.24. The van der Waals surface area contributed by atoms with E-state index in [1.165, 1.54) is 16.7 Å². The highest BCUT2D eigenvalue weighted by atomic mass is 15.3. The molecule has 0 fully saturated rings. The minimum absolute atomic E-state index is 0.296. The Labute approximate surface area is 115 Å².